The van der Waals surface area contributed by atoms with Crippen LogP contribution in [0, 0.1) is 15.2 Å². The van der Waals surface area contributed by atoms with Crippen LogP contribution in [0.3, 0.4) is 0 Å². The van der Waals surface area contributed by atoms with Crippen molar-refractivity contribution in [1.29, 1.82) is 0 Å². The maximum absolute atomic E-state index is 13.3. The Hall–Kier alpha value is -1.31. The molecule has 1 aromatic heterocycles. The molecule has 0 saturated heterocycles. The van der Waals surface area contributed by atoms with E-state index in [4.69, 9.17) is 0 Å². The molecule has 0 spiro atoms. The summed E-state index contributed by atoms with van der Waals surface area (Å²) in [6.07, 6.45) is 2.95. The van der Waals surface area contributed by atoms with Gasteiger partial charge in [0.15, 0.2) is 0 Å². The lowest BCUT2D eigenvalue weighted by Crippen LogP contribution is -1.99. The topological polar surface area (TPSA) is 37.8 Å². The van der Waals surface area contributed by atoms with Gasteiger partial charge in [-0.3, -0.25) is 0 Å². The highest BCUT2D eigenvalue weighted by molar-refractivity contribution is 14.1. The average molecular weight is 333 g/mol. The van der Waals surface area contributed by atoms with Gasteiger partial charge in [-0.1, -0.05) is 0 Å². The Morgan fingerprint density at radius 2 is 2.06 bits per heavy atom. The van der Waals surface area contributed by atoms with Gasteiger partial charge < -0.3 is 5.32 Å². The zero-order chi connectivity index (χ0) is 11.5. The first-order valence-corrected chi connectivity index (χ1v) is 5.42. The molecule has 0 aliphatic rings. The highest BCUT2D eigenvalue weighted by Crippen LogP contribution is 2.21. The summed E-state index contributed by atoms with van der Waals surface area (Å²) in [5.41, 5.74) is 0.179. The van der Waals surface area contributed by atoms with Gasteiger partial charge in [0.1, 0.15) is 23.8 Å². The number of anilines is 2. The van der Waals surface area contributed by atoms with Crippen LogP contribution in [-0.2, 0) is 0 Å². The first kappa shape index (κ1) is 11.2. The van der Waals surface area contributed by atoms with E-state index < -0.39 is 11.6 Å². The largest absolute Gasteiger partial charge is 0.337 e. The van der Waals surface area contributed by atoms with Crippen molar-refractivity contribution in [3.8, 4) is 0 Å². The fourth-order valence-corrected chi connectivity index (χ4v) is 1.56. The zero-order valence-corrected chi connectivity index (χ0v) is 10.1. The quantitative estimate of drug-likeness (QED) is 0.859. The molecule has 0 radical (unpaired) electrons. The third kappa shape index (κ3) is 2.43. The van der Waals surface area contributed by atoms with Gasteiger partial charge in [-0.15, -0.1) is 0 Å². The number of aromatic nitrogens is 2. The fraction of sp³-hybridized carbons (Fsp3) is 0. The highest BCUT2D eigenvalue weighted by Gasteiger charge is 2.06. The van der Waals surface area contributed by atoms with Crippen LogP contribution in [0.2, 0.25) is 0 Å². The van der Waals surface area contributed by atoms with E-state index in [1.165, 1.54) is 18.5 Å². The lowest BCUT2D eigenvalue weighted by Gasteiger charge is -2.07. The van der Waals surface area contributed by atoms with Crippen LogP contribution in [-0.4, -0.2) is 9.97 Å². The van der Waals surface area contributed by atoms with Crippen LogP contribution in [0.4, 0.5) is 20.3 Å². The minimum atomic E-state index is -0.658. The van der Waals surface area contributed by atoms with Crippen molar-refractivity contribution in [2.75, 3.05) is 5.32 Å². The second-order valence-corrected chi connectivity index (χ2v) is 4.13. The molecule has 0 unspecified atom stereocenters. The third-order valence-electron chi connectivity index (χ3n) is 1.85. The Labute approximate surface area is 104 Å². The monoisotopic (exact) mass is 333 g/mol. The molecule has 2 rings (SSSR count). The number of rotatable bonds is 2. The third-order valence-corrected chi connectivity index (χ3v) is 2.64. The molecule has 0 bridgehead atoms. The summed E-state index contributed by atoms with van der Waals surface area (Å²) in [5, 5.41) is 2.77. The summed E-state index contributed by atoms with van der Waals surface area (Å²) in [7, 11) is 0. The second kappa shape index (κ2) is 4.69. The van der Waals surface area contributed by atoms with Gasteiger partial charge in [0, 0.05) is 12.3 Å². The van der Waals surface area contributed by atoms with E-state index in [2.05, 4.69) is 15.3 Å². The van der Waals surface area contributed by atoms with E-state index in [9.17, 15) is 8.78 Å². The minimum Gasteiger partial charge on any atom is -0.337 e. The van der Waals surface area contributed by atoms with Crippen molar-refractivity contribution in [2.45, 2.75) is 0 Å². The molecular weight excluding hydrogens is 327 g/mol. The second-order valence-electron chi connectivity index (χ2n) is 2.97. The van der Waals surface area contributed by atoms with Crippen LogP contribution in [0.15, 0.2) is 30.7 Å². The van der Waals surface area contributed by atoms with Crippen molar-refractivity contribution in [1.82, 2.24) is 9.97 Å². The average Bonchev–Trinajstić information content (AvgIpc) is 2.25. The Kier molecular flexibility index (Phi) is 3.28. The van der Waals surface area contributed by atoms with E-state index in [1.54, 1.807) is 6.20 Å². The Morgan fingerprint density at radius 1 is 1.25 bits per heavy atom. The number of nitrogens with one attached hydrogen (secondary N) is 1. The van der Waals surface area contributed by atoms with Gasteiger partial charge in [-0.2, -0.15) is 0 Å². The van der Waals surface area contributed by atoms with E-state index in [-0.39, 0.29) is 5.69 Å². The van der Waals surface area contributed by atoms with E-state index in [0.717, 1.165) is 9.64 Å². The molecular formula is C10H6F2IN3. The first-order valence-electron chi connectivity index (χ1n) is 4.34. The Morgan fingerprint density at radius 3 is 2.75 bits per heavy atom. The van der Waals surface area contributed by atoms with Crippen LogP contribution >= 0.6 is 22.6 Å². The van der Waals surface area contributed by atoms with Crippen LogP contribution in [0.5, 0.6) is 0 Å². The number of halogens is 3. The van der Waals surface area contributed by atoms with Crippen LogP contribution in [0.1, 0.15) is 0 Å². The van der Waals surface area contributed by atoms with Gasteiger partial charge in [0.2, 0.25) is 0 Å². The molecule has 3 nitrogen and oxygen atoms in total. The molecule has 0 atom stereocenters. The van der Waals surface area contributed by atoms with Crippen LogP contribution in [0.25, 0.3) is 0 Å². The molecule has 1 aromatic carbocycles. The maximum atomic E-state index is 13.3. The molecule has 1 heterocycles. The summed E-state index contributed by atoms with van der Waals surface area (Å²) in [6.45, 7) is 0. The predicted octanol–water partition coefficient (Wildman–Crippen LogP) is 3.10. The van der Waals surface area contributed by atoms with Gasteiger partial charge in [0.05, 0.1) is 9.26 Å². The molecule has 0 saturated carbocycles. The molecule has 6 heteroatoms. The highest BCUT2D eigenvalue weighted by atomic mass is 127. The Bertz CT molecular complexity index is 519. The molecule has 1 N–H and O–H groups in total. The first-order chi connectivity index (χ1) is 7.66. The Balaban J connectivity index is 2.31. The number of nitrogens with zero attached hydrogens (tertiary/aromatic N) is 2. The predicted molar refractivity (Wildman–Crippen MR) is 64.4 cm³/mol. The number of hydrogen-bond donors (Lipinski definition) is 1. The molecule has 0 amide bonds. The maximum Gasteiger partial charge on any atom is 0.149 e. The van der Waals surface area contributed by atoms with Crippen molar-refractivity contribution in [2.24, 2.45) is 0 Å². The standard InChI is InChI=1S/C10H6F2IN3/c11-6-1-2-9(7(12)3-6)16-10-8(13)4-14-5-15-10/h1-5H,(H,14,15,16). The summed E-state index contributed by atoms with van der Waals surface area (Å²) in [5.74, 6) is -0.782. The number of benzene rings is 1. The van der Waals surface area contributed by atoms with Gasteiger partial charge in [-0.05, 0) is 34.7 Å². The van der Waals surface area contributed by atoms with Crippen molar-refractivity contribution in [3.05, 3.63) is 45.9 Å². The van der Waals surface area contributed by atoms with Crippen molar-refractivity contribution >= 4 is 34.1 Å². The lowest BCUT2D eigenvalue weighted by molar-refractivity contribution is 0.586. The zero-order valence-electron chi connectivity index (χ0n) is 7.92. The summed E-state index contributed by atoms with van der Waals surface area (Å²) in [6, 6.07) is 3.32. The summed E-state index contributed by atoms with van der Waals surface area (Å²) in [4.78, 5) is 7.76. The summed E-state index contributed by atoms with van der Waals surface area (Å²) >= 11 is 2.02. The molecule has 0 aliphatic carbocycles. The van der Waals surface area contributed by atoms with Crippen molar-refractivity contribution < 1.29 is 8.78 Å². The van der Waals surface area contributed by atoms with Crippen molar-refractivity contribution in [3.63, 3.8) is 0 Å². The normalized spacial score (nSPS) is 10.2. The molecule has 82 valence electrons. The number of hydrogen-bond acceptors (Lipinski definition) is 3. The fourth-order valence-electron chi connectivity index (χ4n) is 1.12. The van der Waals surface area contributed by atoms with E-state index in [1.807, 2.05) is 22.6 Å². The lowest BCUT2D eigenvalue weighted by atomic mass is 10.3. The van der Waals surface area contributed by atoms with E-state index >= 15 is 0 Å². The van der Waals surface area contributed by atoms with Crippen LogP contribution < -0.4 is 5.32 Å². The molecule has 0 fully saturated rings. The smallest absolute Gasteiger partial charge is 0.149 e. The minimum absolute atomic E-state index is 0.179. The van der Waals surface area contributed by atoms with E-state index in [0.29, 0.717) is 5.82 Å². The van der Waals surface area contributed by atoms with Gasteiger partial charge in [0.25, 0.3) is 0 Å². The van der Waals surface area contributed by atoms with Gasteiger partial charge in [-0.25, -0.2) is 18.7 Å². The summed E-state index contributed by atoms with van der Waals surface area (Å²) < 4.78 is 26.7. The molecule has 2 aromatic rings. The molecule has 0 aliphatic heterocycles. The van der Waals surface area contributed by atoms with Gasteiger partial charge >= 0.3 is 0 Å². The molecule has 16 heavy (non-hydrogen) atoms. The SMILES string of the molecule is Fc1ccc(Nc2ncncc2I)c(F)c1.